The zero-order valence-corrected chi connectivity index (χ0v) is 8.61. The highest BCUT2D eigenvalue weighted by atomic mass is 16.4. The monoisotopic (exact) mass is 218 g/mol. The van der Waals surface area contributed by atoms with Crippen LogP contribution in [0.15, 0.2) is 0 Å². The van der Waals surface area contributed by atoms with Crippen LogP contribution in [0.3, 0.4) is 0 Å². The van der Waals surface area contributed by atoms with Gasteiger partial charge in [0.1, 0.15) is 0 Å². The van der Waals surface area contributed by atoms with Crippen LogP contribution in [0.1, 0.15) is 25.7 Å². The molecule has 0 unspecified atom stereocenters. The Morgan fingerprint density at radius 1 is 1.27 bits per heavy atom. The van der Waals surface area contributed by atoms with Crippen LogP contribution in [-0.2, 0) is 9.59 Å². The van der Waals surface area contributed by atoms with Gasteiger partial charge in [0, 0.05) is 13.2 Å². The van der Waals surface area contributed by atoms with E-state index < -0.39 is 17.9 Å². The Morgan fingerprint density at radius 3 is 2.47 bits per heavy atom. The lowest BCUT2D eigenvalue weighted by atomic mass is 10.2. The van der Waals surface area contributed by atoms with Crippen molar-refractivity contribution in [2.24, 2.45) is 5.73 Å². The molecule has 0 aromatic carbocycles. The second kappa shape index (κ2) is 8.19. The van der Waals surface area contributed by atoms with Crippen molar-refractivity contribution in [2.75, 3.05) is 13.2 Å². The van der Waals surface area contributed by atoms with Crippen LogP contribution in [0.25, 0.3) is 0 Å². The average Bonchev–Trinajstić information content (AvgIpc) is 2.16. The molecule has 0 bridgehead atoms. The van der Waals surface area contributed by atoms with Crippen LogP contribution in [0.5, 0.6) is 0 Å². The van der Waals surface area contributed by atoms with Crippen LogP contribution in [0.2, 0.25) is 0 Å². The predicted molar refractivity (Wildman–Crippen MR) is 54.2 cm³/mol. The van der Waals surface area contributed by atoms with Crippen molar-refractivity contribution in [1.82, 2.24) is 5.32 Å². The zero-order chi connectivity index (χ0) is 11.7. The summed E-state index contributed by atoms with van der Waals surface area (Å²) in [7, 11) is 0. The first kappa shape index (κ1) is 13.9. The lowest BCUT2D eigenvalue weighted by molar-refractivity contribution is -0.139. The number of aliphatic hydroxyl groups excluding tert-OH is 1. The maximum atomic E-state index is 11.2. The third kappa shape index (κ3) is 7.90. The number of hydrogen-bond acceptors (Lipinski definition) is 4. The molecule has 0 aromatic rings. The summed E-state index contributed by atoms with van der Waals surface area (Å²) in [6.07, 6.45) is 1.93. The minimum Gasteiger partial charge on any atom is -0.481 e. The number of carbonyl (C=O) groups is 2. The topological polar surface area (TPSA) is 113 Å². The molecule has 0 saturated carbocycles. The van der Waals surface area contributed by atoms with Gasteiger partial charge in [0.2, 0.25) is 5.91 Å². The van der Waals surface area contributed by atoms with Crippen molar-refractivity contribution in [1.29, 1.82) is 0 Å². The van der Waals surface area contributed by atoms with Gasteiger partial charge < -0.3 is 21.3 Å². The van der Waals surface area contributed by atoms with Crippen molar-refractivity contribution >= 4 is 11.9 Å². The number of nitrogens with two attached hydrogens (primary N) is 1. The summed E-state index contributed by atoms with van der Waals surface area (Å²) in [5.74, 6) is -1.53. The van der Waals surface area contributed by atoms with Crippen molar-refractivity contribution < 1.29 is 19.8 Å². The Kier molecular flexibility index (Phi) is 7.57. The SMILES string of the molecule is N[C@@H](CC(=O)O)C(=O)NCCCCCO. The molecule has 0 fully saturated rings. The van der Waals surface area contributed by atoms with E-state index in [1.54, 1.807) is 0 Å². The normalized spacial score (nSPS) is 12.1. The summed E-state index contributed by atoms with van der Waals surface area (Å²) >= 11 is 0. The van der Waals surface area contributed by atoms with Gasteiger partial charge in [-0.15, -0.1) is 0 Å². The maximum absolute atomic E-state index is 11.2. The van der Waals surface area contributed by atoms with Crippen LogP contribution >= 0.6 is 0 Å². The molecule has 15 heavy (non-hydrogen) atoms. The molecule has 0 radical (unpaired) electrons. The van der Waals surface area contributed by atoms with Gasteiger partial charge in [-0.05, 0) is 19.3 Å². The van der Waals surface area contributed by atoms with E-state index in [0.29, 0.717) is 13.0 Å². The summed E-state index contributed by atoms with van der Waals surface area (Å²) in [6, 6.07) is -0.986. The van der Waals surface area contributed by atoms with Gasteiger partial charge in [0.05, 0.1) is 12.5 Å². The molecular formula is C9H18N2O4. The molecule has 0 spiro atoms. The van der Waals surface area contributed by atoms with E-state index in [1.165, 1.54) is 0 Å². The van der Waals surface area contributed by atoms with Gasteiger partial charge in [-0.3, -0.25) is 9.59 Å². The molecule has 0 rings (SSSR count). The molecule has 0 aromatic heterocycles. The molecule has 0 saturated heterocycles. The van der Waals surface area contributed by atoms with Gasteiger partial charge in [-0.2, -0.15) is 0 Å². The van der Waals surface area contributed by atoms with Crippen molar-refractivity contribution in [3.63, 3.8) is 0 Å². The lowest BCUT2D eigenvalue weighted by Crippen LogP contribution is -2.42. The summed E-state index contributed by atoms with van der Waals surface area (Å²) < 4.78 is 0. The summed E-state index contributed by atoms with van der Waals surface area (Å²) in [5, 5.41) is 19.4. The number of aliphatic hydroxyl groups is 1. The first-order valence-corrected chi connectivity index (χ1v) is 4.94. The largest absolute Gasteiger partial charge is 0.481 e. The molecule has 6 nitrogen and oxygen atoms in total. The minimum atomic E-state index is -1.09. The summed E-state index contributed by atoms with van der Waals surface area (Å²) in [5.41, 5.74) is 5.33. The first-order chi connectivity index (χ1) is 7.07. The quantitative estimate of drug-likeness (QED) is 0.393. The molecule has 6 heteroatoms. The fourth-order valence-corrected chi connectivity index (χ4v) is 1.04. The number of unbranched alkanes of at least 4 members (excludes halogenated alkanes) is 2. The Bertz CT molecular complexity index is 208. The van der Waals surface area contributed by atoms with Gasteiger partial charge in [-0.25, -0.2) is 0 Å². The molecule has 1 atom stereocenters. The Labute approximate surface area is 88.5 Å². The highest BCUT2D eigenvalue weighted by molar-refractivity contribution is 5.85. The van der Waals surface area contributed by atoms with E-state index in [2.05, 4.69) is 5.32 Å². The summed E-state index contributed by atoms with van der Waals surface area (Å²) in [6.45, 7) is 0.610. The average molecular weight is 218 g/mol. The molecular weight excluding hydrogens is 200 g/mol. The number of carboxylic acids is 1. The number of carbonyl (C=O) groups excluding carboxylic acids is 1. The first-order valence-electron chi connectivity index (χ1n) is 4.94. The highest BCUT2D eigenvalue weighted by Crippen LogP contribution is 1.93. The van der Waals surface area contributed by atoms with Gasteiger partial charge in [0.25, 0.3) is 0 Å². The van der Waals surface area contributed by atoms with Crippen LogP contribution in [0, 0.1) is 0 Å². The highest BCUT2D eigenvalue weighted by Gasteiger charge is 2.15. The van der Waals surface area contributed by atoms with Crippen LogP contribution < -0.4 is 11.1 Å². The van der Waals surface area contributed by atoms with Crippen LogP contribution in [-0.4, -0.2) is 41.3 Å². The number of hydrogen-bond donors (Lipinski definition) is 4. The van der Waals surface area contributed by atoms with Gasteiger partial charge in [-0.1, -0.05) is 0 Å². The molecule has 5 N–H and O–H groups in total. The smallest absolute Gasteiger partial charge is 0.305 e. The van der Waals surface area contributed by atoms with E-state index in [0.717, 1.165) is 12.8 Å². The molecule has 0 aliphatic heterocycles. The minimum absolute atomic E-state index is 0.145. The number of carboxylic acid groups (broad SMARTS) is 1. The summed E-state index contributed by atoms with van der Waals surface area (Å²) in [4.78, 5) is 21.4. The molecule has 1 amide bonds. The van der Waals surface area contributed by atoms with Gasteiger partial charge >= 0.3 is 5.97 Å². The second-order valence-corrected chi connectivity index (χ2v) is 3.28. The Hall–Kier alpha value is -1.14. The molecule has 0 aliphatic carbocycles. The number of amides is 1. The number of aliphatic carboxylic acids is 1. The number of nitrogens with one attached hydrogen (secondary N) is 1. The van der Waals surface area contributed by atoms with E-state index >= 15 is 0 Å². The lowest BCUT2D eigenvalue weighted by Gasteiger charge is -2.09. The standard InChI is InChI=1S/C9H18N2O4/c10-7(6-8(13)14)9(15)11-4-2-1-3-5-12/h7,12H,1-6,10H2,(H,11,15)(H,13,14)/t7-/m0/s1. The van der Waals surface area contributed by atoms with E-state index in [4.69, 9.17) is 15.9 Å². The van der Waals surface area contributed by atoms with Crippen molar-refractivity contribution in [3.8, 4) is 0 Å². The zero-order valence-electron chi connectivity index (χ0n) is 8.61. The Morgan fingerprint density at radius 2 is 1.93 bits per heavy atom. The maximum Gasteiger partial charge on any atom is 0.305 e. The number of rotatable bonds is 8. The van der Waals surface area contributed by atoms with E-state index in [9.17, 15) is 9.59 Å². The van der Waals surface area contributed by atoms with E-state index in [-0.39, 0.29) is 13.0 Å². The molecule has 0 aliphatic rings. The third-order valence-electron chi connectivity index (χ3n) is 1.87. The molecule has 0 heterocycles. The third-order valence-corrected chi connectivity index (χ3v) is 1.87. The fourth-order valence-electron chi connectivity index (χ4n) is 1.04. The Balaban J connectivity index is 3.51. The van der Waals surface area contributed by atoms with Gasteiger partial charge in [0.15, 0.2) is 0 Å². The van der Waals surface area contributed by atoms with E-state index in [1.807, 2.05) is 0 Å². The predicted octanol–water partition coefficient (Wildman–Crippen LogP) is -0.933. The molecule has 88 valence electrons. The fraction of sp³-hybridized carbons (Fsp3) is 0.778. The van der Waals surface area contributed by atoms with Crippen LogP contribution in [0.4, 0.5) is 0 Å². The van der Waals surface area contributed by atoms with Crippen molar-refractivity contribution in [2.45, 2.75) is 31.7 Å². The van der Waals surface area contributed by atoms with Crippen molar-refractivity contribution in [3.05, 3.63) is 0 Å². The second-order valence-electron chi connectivity index (χ2n) is 3.28.